The van der Waals surface area contributed by atoms with Crippen molar-refractivity contribution in [3.05, 3.63) is 20.8 Å². The molecule has 1 heterocycles. The molecular formula is C14H24N4O2. The second-order valence-corrected chi connectivity index (χ2v) is 5.73. The lowest BCUT2D eigenvalue weighted by molar-refractivity contribution is 0.145. The Bertz CT molecular complexity index is 578. The zero-order valence-corrected chi connectivity index (χ0v) is 12.3. The molecule has 2 rings (SSSR count). The summed E-state index contributed by atoms with van der Waals surface area (Å²) in [6.07, 6.45) is 5.49. The summed E-state index contributed by atoms with van der Waals surface area (Å²) in [6.45, 7) is 5.38. The van der Waals surface area contributed by atoms with Crippen LogP contribution in [0.15, 0.2) is 9.59 Å². The predicted molar refractivity (Wildman–Crippen MR) is 81.1 cm³/mol. The Kier molecular flexibility index (Phi) is 4.20. The van der Waals surface area contributed by atoms with Gasteiger partial charge in [-0.3, -0.25) is 14.3 Å². The monoisotopic (exact) mass is 280 g/mol. The number of nitrogens with two attached hydrogens (primary N) is 1. The fourth-order valence-corrected chi connectivity index (χ4v) is 2.81. The van der Waals surface area contributed by atoms with Crippen LogP contribution in [0.1, 0.15) is 46.0 Å². The van der Waals surface area contributed by atoms with Gasteiger partial charge in [-0.2, -0.15) is 0 Å². The molecule has 0 atom stereocenters. The molecule has 112 valence electrons. The zero-order chi connectivity index (χ0) is 14.8. The first-order valence-corrected chi connectivity index (χ1v) is 7.39. The van der Waals surface area contributed by atoms with E-state index in [1.54, 1.807) is 0 Å². The molecule has 0 radical (unpaired) electrons. The number of aromatic amines is 1. The Morgan fingerprint density at radius 3 is 2.55 bits per heavy atom. The molecule has 0 aliphatic heterocycles. The number of H-pyrrole nitrogens is 1. The van der Waals surface area contributed by atoms with E-state index in [1.165, 1.54) is 23.8 Å². The van der Waals surface area contributed by atoms with Crippen molar-refractivity contribution >= 4 is 11.5 Å². The molecule has 20 heavy (non-hydrogen) atoms. The third-order valence-electron chi connectivity index (χ3n) is 4.49. The highest BCUT2D eigenvalue weighted by molar-refractivity contribution is 5.60. The number of anilines is 2. The van der Waals surface area contributed by atoms with E-state index < -0.39 is 11.2 Å². The van der Waals surface area contributed by atoms with Crippen LogP contribution in [0.25, 0.3) is 0 Å². The van der Waals surface area contributed by atoms with Gasteiger partial charge in [-0.05, 0) is 31.1 Å². The van der Waals surface area contributed by atoms with E-state index in [0.717, 1.165) is 19.4 Å². The molecule has 0 spiro atoms. The number of hydrogen-bond acceptors (Lipinski definition) is 4. The van der Waals surface area contributed by atoms with Gasteiger partial charge in [-0.15, -0.1) is 0 Å². The molecule has 1 fully saturated rings. The smallest absolute Gasteiger partial charge is 0.330 e. The van der Waals surface area contributed by atoms with Crippen LogP contribution in [0.3, 0.4) is 0 Å². The highest BCUT2D eigenvalue weighted by atomic mass is 16.2. The minimum Gasteiger partial charge on any atom is -0.383 e. The van der Waals surface area contributed by atoms with Crippen LogP contribution >= 0.6 is 0 Å². The van der Waals surface area contributed by atoms with E-state index in [0.29, 0.717) is 12.2 Å². The van der Waals surface area contributed by atoms with Crippen molar-refractivity contribution in [2.24, 2.45) is 5.41 Å². The number of hydrogen-bond donors (Lipinski definition) is 3. The summed E-state index contributed by atoms with van der Waals surface area (Å²) in [4.78, 5) is 26.0. The Morgan fingerprint density at radius 1 is 1.35 bits per heavy atom. The van der Waals surface area contributed by atoms with Crippen molar-refractivity contribution in [3.63, 3.8) is 0 Å². The minimum absolute atomic E-state index is 0.242. The van der Waals surface area contributed by atoms with Crippen molar-refractivity contribution in [3.8, 4) is 0 Å². The first-order valence-electron chi connectivity index (χ1n) is 7.39. The summed E-state index contributed by atoms with van der Waals surface area (Å²) in [5, 5.41) is 3.17. The highest BCUT2D eigenvalue weighted by Gasteiger charge is 2.35. The lowest BCUT2D eigenvalue weighted by atomic mass is 9.67. The molecule has 4 N–H and O–H groups in total. The SMILES string of the molecule is CCCn1c(N)c(NCC2(CC)CCC2)c(=O)[nH]c1=O. The molecule has 6 nitrogen and oxygen atoms in total. The van der Waals surface area contributed by atoms with Crippen molar-refractivity contribution < 1.29 is 0 Å². The predicted octanol–water partition coefficient (Wildman–Crippen LogP) is 1.52. The maximum Gasteiger partial charge on any atom is 0.330 e. The zero-order valence-electron chi connectivity index (χ0n) is 12.3. The van der Waals surface area contributed by atoms with Crippen molar-refractivity contribution in [1.29, 1.82) is 0 Å². The highest BCUT2D eigenvalue weighted by Crippen LogP contribution is 2.43. The lowest BCUT2D eigenvalue weighted by Crippen LogP contribution is -2.39. The van der Waals surface area contributed by atoms with E-state index in [2.05, 4.69) is 17.2 Å². The molecular weight excluding hydrogens is 256 g/mol. The molecule has 1 aliphatic rings. The fraction of sp³-hybridized carbons (Fsp3) is 0.714. The third kappa shape index (κ3) is 2.59. The van der Waals surface area contributed by atoms with Gasteiger partial charge in [0.15, 0.2) is 0 Å². The van der Waals surface area contributed by atoms with Gasteiger partial charge in [0.2, 0.25) is 0 Å². The number of nitrogens with zero attached hydrogens (tertiary/aromatic N) is 1. The second kappa shape index (κ2) is 5.73. The Balaban J connectivity index is 2.25. The summed E-state index contributed by atoms with van der Waals surface area (Å²) >= 11 is 0. The van der Waals surface area contributed by atoms with Crippen LogP contribution in [0, 0.1) is 5.41 Å². The molecule has 0 unspecified atom stereocenters. The van der Waals surface area contributed by atoms with Gasteiger partial charge in [0.1, 0.15) is 11.5 Å². The van der Waals surface area contributed by atoms with Gasteiger partial charge in [-0.25, -0.2) is 4.79 Å². The molecule has 0 aromatic carbocycles. The molecule has 1 aromatic heterocycles. The molecule has 1 aliphatic carbocycles. The van der Waals surface area contributed by atoms with Crippen LogP contribution in [0.5, 0.6) is 0 Å². The first-order chi connectivity index (χ1) is 9.53. The van der Waals surface area contributed by atoms with Gasteiger partial charge < -0.3 is 11.1 Å². The maximum absolute atomic E-state index is 11.9. The molecule has 0 bridgehead atoms. The molecule has 6 heteroatoms. The number of aromatic nitrogens is 2. The normalized spacial score (nSPS) is 16.7. The number of rotatable bonds is 6. The quantitative estimate of drug-likeness (QED) is 0.736. The summed E-state index contributed by atoms with van der Waals surface area (Å²) in [7, 11) is 0. The van der Waals surface area contributed by atoms with Crippen molar-refractivity contribution in [2.45, 2.75) is 52.5 Å². The molecule has 1 saturated carbocycles. The Morgan fingerprint density at radius 2 is 2.05 bits per heavy atom. The third-order valence-corrected chi connectivity index (χ3v) is 4.49. The Labute approximate surface area is 118 Å². The van der Waals surface area contributed by atoms with Gasteiger partial charge in [0.25, 0.3) is 5.56 Å². The second-order valence-electron chi connectivity index (χ2n) is 5.73. The minimum atomic E-state index is -0.436. The van der Waals surface area contributed by atoms with Gasteiger partial charge >= 0.3 is 5.69 Å². The van der Waals surface area contributed by atoms with E-state index in [4.69, 9.17) is 5.73 Å². The average molecular weight is 280 g/mol. The first kappa shape index (κ1) is 14.7. The van der Waals surface area contributed by atoms with Crippen molar-refractivity contribution in [1.82, 2.24) is 9.55 Å². The molecule has 0 amide bonds. The van der Waals surface area contributed by atoms with Crippen molar-refractivity contribution in [2.75, 3.05) is 17.6 Å². The maximum atomic E-state index is 11.9. The summed E-state index contributed by atoms with van der Waals surface area (Å²) in [6, 6.07) is 0. The fourth-order valence-electron chi connectivity index (χ4n) is 2.81. The van der Waals surface area contributed by atoms with Gasteiger partial charge in [-0.1, -0.05) is 20.3 Å². The van der Waals surface area contributed by atoms with Crippen LogP contribution in [0.2, 0.25) is 0 Å². The van der Waals surface area contributed by atoms with Crippen LogP contribution in [-0.2, 0) is 6.54 Å². The summed E-state index contributed by atoms with van der Waals surface area (Å²) in [5.41, 5.74) is 5.73. The Hall–Kier alpha value is -1.72. The number of nitrogens with one attached hydrogen (secondary N) is 2. The average Bonchev–Trinajstić information content (AvgIpc) is 2.37. The van der Waals surface area contributed by atoms with E-state index in [-0.39, 0.29) is 11.2 Å². The van der Waals surface area contributed by atoms with Gasteiger partial charge in [0, 0.05) is 13.1 Å². The topological polar surface area (TPSA) is 92.9 Å². The lowest BCUT2D eigenvalue weighted by Gasteiger charge is -2.41. The van der Waals surface area contributed by atoms with Crippen LogP contribution < -0.4 is 22.3 Å². The van der Waals surface area contributed by atoms with E-state index >= 15 is 0 Å². The largest absolute Gasteiger partial charge is 0.383 e. The summed E-state index contributed by atoms with van der Waals surface area (Å²) in [5.74, 6) is 0.242. The van der Waals surface area contributed by atoms with Gasteiger partial charge in [0.05, 0.1) is 0 Å². The standard InChI is InChI=1S/C14H24N4O2/c1-3-8-18-11(15)10(12(19)17-13(18)20)16-9-14(4-2)6-5-7-14/h16H,3-9,15H2,1-2H3,(H,17,19,20). The summed E-state index contributed by atoms with van der Waals surface area (Å²) < 4.78 is 1.42. The molecule has 0 saturated heterocycles. The van der Waals surface area contributed by atoms with E-state index in [9.17, 15) is 9.59 Å². The van der Waals surface area contributed by atoms with E-state index in [1.807, 2.05) is 6.92 Å². The van der Waals surface area contributed by atoms with Crippen LogP contribution in [0.4, 0.5) is 11.5 Å². The van der Waals surface area contributed by atoms with Crippen LogP contribution in [-0.4, -0.2) is 16.1 Å². The number of nitrogen functional groups attached to an aromatic ring is 1. The molecule has 1 aromatic rings.